The van der Waals surface area contributed by atoms with Gasteiger partial charge in [0.05, 0.1) is 5.41 Å². The first-order valence-corrected chi connectivity index (χ1v) is 10.6. The zero-order valence-corrected chi connectivity index (χ0v) is 18.4. The Bertz CT molecular complexity index is 820. The summed E-state index contributed by atoms with van der Waals surface area (Å²) in [7, 11) is 0. The summed E-state index contributed by atoms with van der Waals surface area (Å²) >= 11 is 7.18. The SMILES string of the molecule is CC[C@H](C)[C@@H](NC(=O)C(C)(C)CCl)C(=O)Nc1nnc(-c2ccc(C)cc2)s1. The number of anilines is 1. The van der Waals surface area contributed by atoms with Crippen LogP contribution in [0.1, 0.15) is 39.7 Å². The number of alkyl halides is 1. The maximum Gasteiger partial charge on any atom is 0.249 e. The lowest BCUT2D eigenvalue weighted by molar-refractivity contribution is -0.132. The van der Waals surface area contributed by atoms with Crippen molar-refractivity contribution in [3.63, 3.8) is 0 Å². The van der Waals surface area contributed by atoms with Crippen LogP contribution in [0.4, 0.5) is 5.13 Å². The van der Waals surface area contributed by atoms with Crippen LogP contribution < -0.4 is 10.6 Å². The average molecular weight is 423 g/mol. The highest BCUT2D eigenvalue weighted by Gasteiger charge is 2.33. The largest absolute Gasteiger partial charge is 0.344 e. The third-order valence-electron chi connectivity index (χ3n) is 4.68. The smallest absolute Gasteiger partial charge is 0.249 e. The van der Waals surface area contributed by atoms with Crippen molar-refractivity contribution < 1.29 is 9.59 Å². The molecule has 2 atom stereocenters. The molecule has 0 saturated heterocycles. The van der Waals surface area contributed by atoms with Crippen LogP contribution in [-0.4, -0.2) is 33.9 Å². The Morgan fingerprint density at radius 1 is 1.21 bits per heavy atom. The monoisotopic (exact) mass is 422 g/mol. The molecule has 28 heavy (non-hydrogen) atoms. The van der Waals surface area contributed by atoms with E-state index in [4.69, 9.17) is 11.6 Å². The minimum absolute atomic E-state index is 0.0421. The first kappa shape index (κ1) is 22.3. The van der Waals surface area contributed by atoms with Crippen molar-refractivity contribution in [2.45, 2.75) is 47.1 Å². The second-order valence-electron chi connectivity index (χ2n) is 7.62. The summed E-state index contributed by atoms with van der Waals surface area (Å²) in [5.41, 5.74) is 1.35. The van der Waals surface area contributed by atoms with Crippen molar-refractivity contribution in [1.82, 2.24) is 15.5 Å². The molecule has 0 fully saturated rings. The molecule has 8 heteroatoms. The number of rotatable bonds is 8. The van der Waals surface area contributed by atoms with Gasteiger partial charge in [-0.25, -0.2) is 0 Å². The van der Waals surface area contributed by atoms with Crippen LogP contribution >= 0.6 is 22.9 Å². The second-order valence-corrected chi connectivity index (χ2v) is 8.87. The number of aromatic nitrogens is 2. The molecular weight excluding hydrogens is 396 g/mol. The number of halogens is 1. The number of amides is 2. The van der Waals surface area contributed by atoms with Gasteiger partial charge in [-0.05, 0) is 26.7 Å². The molecule has 0 aliphatic rings. The number of carbonyl (C=O) groups is 2. The van der Waals surface area contributed by atoms with Crippen LogP contribution in [0.25, 0.3) is 10.6 Å². The van der Waals surface area contributed by atoms with Gasteiger partial charge < -0.3 is 5.32 Å². The van der Waals surface area contributed by atoms with Crippen molar-refractivity contribution in [2.24, 2.45) is 11.3 Å². The molecule has 152 valence electrons. The lowest BCUT2D eigenvalue weighted by Crippen LogP contribution is -2.51. The van der Waals surface area contributed by atoms with Crippen LogP contribution in [0.15, 0.2) is 24.3 Å². The van der Waals surface area contributed by atoms with E-state index in [0.29, 0.717) is 5.13 Å². The van der Waals surface area contributed by atoms with Crippen LogP contribution in [0.2, 0.25) is 0 Å². The molecular formula is C20H27ClN4O2S. The number of aryl methyl sites for hydroxylation is 1. The molecule has 0 aliphatic carbocycles. The predicted molar refractivity (Wildman–Crippen MR) is 115 cm³/mol. The van der Waals surface area contributed by atoms with E-state index in [0.717, 1.165) is 22.6 Å². The minimum Gasteiger partial charge on any atom is -0.344 e. The maximum atomic E-state index is 12.8. The van der Waals surface area contributed by atoms with Crippen LogP contribution in [0.5, 0.6) is 0 Å². The molecule has 0 unspecified atom stereocenters. The van der Waals surface area contributed by atoms with E-state index in [-0.39, 0.29) is 23.6 Å². The van der Waals surface area contributed by atoms with Gasteiger partial charge in [0.1, 0.15) is 11.0 Å². The topological polar surface area (TPSA) is 84.0 Å². The van der Waals surface area contributed by atoms with Gasteiger partial charge in [-0.1, -0.05) is 61.4 Å². The summed E-state index contributed by atoms with van der Waals surface area (Å²) in [6.45, 7) is 9.42. The standard InChI is InChI=1S/C20H27ClN4O2S/c1-6-13(3)15(22-18(27)20(4,5)11-21)16(26)23-19-25-24-17(28-19)14-9-7-12(2)8-10-14/h7-10,13,15H,6,11H2,1-5H3,(H,22,27)(H,23,25,26)/t13-,15+/m0/s1. The van der Waals surface area contributed by atoms with E-state index < -0.39 is 11.5 Å². The number of carbonyl (C=O) groups excluding carboxylic acids is 2. The van der Waals surface area contributed by atoms with Gasteiger partial charge in [0.25, 0.3) is 0 Å². The van der Waals surface area contributed by atoms with Crippen molar-refractivity contribution in [1.29, 1.82) is 0 Å². The zero-order chi connectivity index (χ0) is 20.9. The van der Waals surface area contributed by atoms with Gasteiger partial charge in [-0.15, -0.1) is 21.8 Å². The molecule has 2 rings (SSSR count). The van der Waals surface area contributed by atoms with E-state index in [1.165, 1.54) is 11.3 Å². The summed E-state index contributed by atoms with van der Waals surface area (Å²) < 4.78 is 0. The summed E-state index contributed by atoms with van der Waals surface area (Å²) in [5.74, 6) is -0.427. The molecule has 2 amide bonds. The van der Waals surface area contributed by atoms with E-state index in [9.17, 15) is 9.59 Å². The van der Waals surface area contributed by atoms with Gasteiger partial charge in [-0.2, -0.15) is 0 Å². The first-order valence-electron chi connectivity index (χ1n) is 9.26. The number of nitrogens with zero attached hydrogens (tertiary/aromatic N) is 2. The Morgan fingerprint density at radius 2 is 1.86 bits per heavy atom. The number of hydrogen-bond acceptors (Lipinski definition) is 5. The molecule has 2 N–H and O–H groups in total. The lowest BCUT2D eigenvalue weighted by atomic mass is 9.92. The first-order chi connectivity index (χ1) is 13.2. The second kappa shape index (κ2) is 9.47. The minimum atomic E-state index is -0.755. The Hall–Kier alpha value is -1.99. The highest BCUT2D eigenvalue weighted by molar-refractivity contribution is 7.18. The third kappa shape index (κ3) is 5.52. The van der Waals surface area contributed by atoms with Crippen molar-refractivity contribution >= 4 is 39.9 Å². The molecule has 0 radical (unpaired) electrons. The third-order valence-corrected chi connectivity index (χ3v) is 6.24. The van der Waals surface area contributed by atoms with Gasteiger partial charge in [-0.3, -0.25) is 14.9 Å². The van der Waals surface area contributed by atoms with E-state index >= 15 is 0 Å². The molecule has 0 bridgehead atoms. The Morgan fingerprint density at radius 3 is 2.43 bits per heavy atom. The maximum absolute atomic E-state index is 12.8. The van der Waals surface area contributed by atoms with E-state index in [2.05, 4.69) is 20.8 Å². The van der Waals surface area contributed by atoms with Crippen LogP contribution in [-0.2, 0) is 9.59 Å². The fourth-order valence-electron chi connectivity index (χ4n) is 2.37. The summed E-state index contributed by atoms with van der Waals surface area (Å²) in [6, 6.07) is 7.27. The Labute approximate surface area is 175 Å². The molecule has 0 spiro atoms. The summed E-state index contributed by atoms with van der Waals surface area (Å²) in [5, 5.41) is 15.0. The van der Waals surface area contributed by atoms with Gasteiger partial charge in [0, 0.05) is 11.4 Å². The van der Waals surface area contributed by atoms with Crippen LogP contribution in [0.3, 0.4) is 0 Å². The predicted octanol–water partition coefficient (Wildman–Crippen LogP) is 4.25. The van der Waals surface area contributed by atoms with Gasteiger partial charge >= 0.3 is 0 Å². The lowest BCUT2D eigenvalue weighted by Gasteiger charge is -2.28. The van der Waals surface area contributed by atoms with Gasteiger partial charge in [0.2, 0.25) is 16.9 Å². The highest BCUT2D eigenvalue weighted by atomic mass is 35.5. The Kier molecular flexibility index (Phi) is 7.55. The number of hydrogen-bond donors (Lipinski definition) is 2. The Balaban J connectivity index is 2.13. The normalized spacial score (nSPS) is 13.6. The van der Waals surface area contributed by atoms with Crippen molar-refractivity contribution in [3.8, 4) is 10.6 Å². The van der Waals surface area contributed by atoms with Crippen molar-refractivity contribution in [3.05, 3.63) is 29.8 Å². The van der Waals surface area contributed by atoms with Gasteiger partial charge in [0.15, 0.2) is 0 Å². The molecule has 1 aromatic heterocycles. The van der Waals surface area contributed by atoms with E-state index in [1.807, 2.05) is 45.0 Å². The molecule has 0 saturated carbocycles. The molecule has 1 heterocycles. The average Bonchev–Trinajstić information content (AvgIpc) is 3.13. The highest BCUT2D eigenvalue weighted by Crippen LogP contribution is 2.27. The quantitative estimate of drug-likeness (QED) is 0.623. The van der Waals surface area contributed by atoms with E-state index in [1.54, 1.807) is 13.8 Å². The van der Waals surface area contributed by atoms with Crippen LogP contribution in [0, 0.1) is 18.3 Å². The molecule has 6 nitrogen and oxygen atoms in total. The zero-order valence-electron chi connectivity index (χ0n) is 16.9. The fourth-order valence-corrected chi connectivity index (χ4v) is 3.24. The fraction of sp³-hybridized carbons (Fsp3) is 0.500. The summed E-state index contributed by atoms with van der Waals surface area (Å²) in [4.78, 5) is 25.3. The molecule has 1 aromatic carbocycles. The molecule has 0 aliphatic heterocycles. The number of nitrogens with one attached hydrogen (secondary N) is 2. The summed E-state index contributed by atoms with van der Waals surface area (Å²) in [6.07, 6.45) is 0.740. The van der Waals surface area contributed by atoms with Crippen molar-refractivity contribution in [2.75, 3.05) is 11.2 Å². The molecule has 2 aromatic rings. The number of benzene rings is 1.